The van der Waals surface area contributed by atoms with Crippen LogP contribution in [0.4, 0.5) is 0 Å². The van der Waals surface area contributed by atoms with Crippen LogP contribution in [0, 0.1) is 0 Å². The minimum Gasteiger partial charge on any atom is -0.285 e. The number of hydrogen-bond donors (Lipinski definition) is 1. The Balaban J connectivity index is 2.93. The topological polar surface area (TPSA) is 12.0 Å². The van der Waals surface area contributed by atoms with Crippen LogP contribution in [-0.4, -0.2) is 7.05 Å². The summed E-state index contributed by atoms with van der Waals surface area (Å²) in [5, 5.41) is 2.79. The number of hydrogen-bond acceptors (Lipinski definition) is 1. The van der Waals surface area contributed by atoms with E-state index >= 15 is 0 Å². The lowest BCUT2D eigenvalue weighted by Gasteiger charge is -2.18. The van der Waals surface area contributed by atoms with E-state index in [-0.39, 0.29) is 0 Å². The van der Waals surface area contributed by atoms with Gasteiger partial charge in [-0.25, -0.2) is 0 Å². The van der Waals surface area contributed by atoms with Crippen molar-refractivity contribution in [3.05, 3.63) is 35.9 Å². The molecule has 0 saturated heterocycles. The molecule has 0 aliphatic carbocycles. The van der Waals surface area contributed by atoms with Gasteiger partial charge in [0.2, 0.25) is 0 Å². The van der Waals surface area contributed by atoms with E-state index in [1.54, 1.807) is 7.05 Å². The van der Waals surface area contributed by atoms with Gasteiger partial charge in [0.25, 0.3) is 0 Å². The van der Waals surface area contributed by atoms with Gasteiger partial charge in [-0.1, -0.05) is 53.5 Å². The lowest BCUT2D eigenvalue weighted by atomic mass is 10.2. The maximum absolute atomic E-state index is 5.90. The molecular formula is C8H9Cl2N. The summed E-state index contributed by atoms with van der Waals surface area (Å²) in [5.74, 6) is 0. The summed E-state index contributed by atoms with van der Waals surface area (Å²) in [5.41, 5.74) is 0.853. The highest BCUT2D eigenvalue weighted by atomic mass is 35.5. The van der Waals surface area contributed by atoms with Gasteiger partial charge in [0, 0.05) is 5.56 Å². The van der Waals surface area contributed by atoms with Crippen LogP contribution < -0.4 is 5.32 Å². The third-order valence-corrected chi connectivity index (χ3v) is 2.26. The van der Waals surface area contributed by atoms with Crippen molar-refractivity contribution in [2.24, 2.45) is 0 Å². The van der Waals surface area contributed by atoms with E-state index in [0.29, 0.717) is 0 Å². The first-order chi connectivity index (χ1) is 5.17. The molecule has 0 bridgehead atoms. The van der Waals surface area contributed by atoms with Crippen molar-refractivity contribution in [3.63, 3.8) is 0 Å². The SMILES string of the molecule is CNC(Cl)(Cl)c1ccccc1. The second kappa shape index (κ2) is 3.44. The third kappa shape index (κ3) is 2.09. The molecule has 0 aromatic heterocycles. The van der Waals surface area contributed by atoms with Crippen molar-refractivity contribution in [2.45, 2.75) is 4.46 Å². The molecule has 0 heterocycles. The Morgan fingerprint density at radius 2 is 1.73 bits per heavy atom. The predicted molar refractivity (Wildman–Crippen MR) is 48.9 cm³/mol. The second-order valence-electron chi connectivity index (χ2n) is 2.19. The van der Waals surface area contributed by atoms with Crippen molar-refractivity contribution in [2.75, 3.05) is 7.05 Å². The molecule has 1 nitrogen and oxygen atoms in total. The first-order valence-electron chi connectivity index (χ1n) is 3.29. The Hall–Kier alpha value is -0.240. The number of nitrogens with one attached hydrogen (secondary N) is 1. The molecule has 0 saturated carbocycles. The molecule has 0 amide bonds. The van der Waals surface area contributed by atoms with Crippen LogP contribution in [0.2, 0.25) is 0 Å². The Bertz CT molecular complexity index is 221. The molecule has 11 heavy (non-hydrogen) atoms. The fraction of sp³-hybridized carbons (Fsp3) is 0.250. The molecule has 0 unspecified atom stereocenters. The van der Waals surface area contributed by atoms with E-state index in [0.717, 1.165) is 5.56 Å². The van der Waals surface area contributed by atoms with Gasteiger partial charge in [-0.3, -0.25) is 5.32 Å². The largest absolute Gasteiger partial charge is 0.285 e. The van der Waals surface area contributed by atoms with Gasteiger partial charge in [0.05, 0.1) is 0 Å². The maximum atomic E-state index is 5.90. The van der Waals surface area contributed by atoms with E-state index < -0.39 is 4.46 Å². The molecule has 3 heteroatoms. The summed E-state index contributed by atoms with van der Waals surface area (Å²) >= 11 is 11.8. The zero-order chi connectivity index (χ0) is 8.32. The lowest BCUT2D eigenvalue weighted by Crippen LogP contribution is -2.27. The van der Waals surface area contributed by atoms with Crippen LogP contribution in [0.25, 0.3) is 0 Å². The zero-order valence-electron chi connectivity index (χ0n) is 6.14. The number of alkyl halides is 2. The number of rotatable bonds is 2. The molecule has 0 aliphatic heterocycles. The van der Waals surface area contributed by atoms with Crippen LogP contribution >= 0.6 is 23.2 Å². The molecule has 0 radical (unpaired) electrons. The predicted octanol–water partition coefficient (Wildman–Crippen LogP) is 2.49. The van der Waals surface area contributed by atoms with Crippen LogP contribution in [0.5, 0.6) is 0 Å². The molecule has 0 spiro atoms. The Kier molecular flexibility index (Phi) is 2.77. The molecular weight excluding hydrogens is 181 g/mol. The van der Waals surface area contributed by atoms with Crippen molar-refractivity contribution in [1.29, 1.82) is 0 Å². The molecule has 1 aromatic carbocycles. The third-order valence-electron chi connectivity index (χ3n) is 1.45. The fourth-order valence-corrected chi connectivity index (χ4v) is 1.04. The highest BCUT2D eigenvalue weighted by molar-refractivity contribution is 6.47. The average molecular weight is 190 g/mol. The van der Waals surface area contributed by atoms with Gasteiger partial charge >= 0.3 is 0 Å². The minimum absolute atomic E-state index is 0.853. The van der Waals surface area contributed by atoms with Gasteiger partial charge in [0.15, 0.2) is 4.46 Å². The highest BCUT2D eigenvalue weighted by Crippen LogP contribution is 2.29. The van der Waals surface area contributed by atoms with Crippen molar-refractivity contribution >= 4 is 23.2 Å². The smallest absolute Gasteiger partial charge is 0.194 e. The molecule has 0 aliphatic rings. The van der Waals surface area contributed by atoms with Gasteiger partial charge < -0.3 is 0 Å². The lowest BCUT2D eigenvalue weighted by molar-refractivity contribution is 0.711. The summed E-state index contributed by atoms with van der Waals surface area (Å²) in [7, 11) is 1.72. The molecule has 1 rings (SSSR count). The van der Waals surface area contributed by atoms with Crippen molar-refractivity contribution in [1.82, 2.24) is 5.32 Å². The minimum atomic E-state index is -0.971. The van der Waals surface area contributed by atoms with E-state index in [4.69, 9.17) is 23.2 Å². The van der Waals surface area contributed by atoms with Crippen LogP contribution in [0.1, 0.15) is 5.56 Å². The van der Waals surface area contributed by atoms with Crippen LogP contribution in [0.15, 0.2) is 30.3 Å². The van der Waals surface area contributed by atoms with Gasteiger partial charge in [-0.15, -0.1) is 0 Å². The molecule has 1 N–H and O–H groups in total. The summed E-state index contributed by atoms with van der Waals surface area (Å²) in [6.45, 7) is 0. The van der Waals surface area contributed by atoms with E-state index in [1.807, 2.05) is 30.3 Å². The van der Waals surface area contributed by atoms with Crippen LogP contribution in [-0.2, 0) is 4.46 Å². The maximum Gasteiger partial charge on any atom is 0.194 e. The van der Waals surface area contributed by atoms with E-state index in [2.05, 4.69) is 5.32 Å². The first kappa shape index (κ1) is 8.85. The van der Waals surface area contributed by atoms with Crippen molar-refractivity contribution < 1.29 is 0 Å². The zero-order valence-corrected chi connectivity index (χ0v) is 7.65. The first-order valence-corrected chi connectivity index (χ1v) is 4.04. The van der Waals surface area contributed by atoms with E-state index in [1.165, 1.54) is 0 Å². The van der Waals surface area contributed by atoms with Gasteiger partial charge in [-0.2, -0.15) is 0 Å². The normalized spacial score (nSPS) is 11.5. The molecule has 0 fully saturated rings. The summed E-state index contributed by atoms with van der Waals surface area (Å²) < 4.78 is -0.971. The summed E-state index contributed by atoms with van der Waals surface area (Å²) in [6.07, 6.45) is 0. The van der Waals surface area contributed by atoms with Gasteiger partial charge in [0.1, 0.15) is 0 Å². The standard InChI is InChI=1S/C8H9Cl2N/c1-11-8(9,10)7-5-3-2-4-6-7/h2-6,11H,1H3. The fourth-order valence-electron chi connectivity index (χ4n) is 0.792. The number of benzene rings is 1. The molecule has 0 atom stereocenters. The summed E-state index contributed by atoms with van der Waals surface area (Å²) in [4.78, 5) is 0. The monoisotopic (exact) mass is 189 g/mol. The Labute approximate surface area is 76.3 Å². The second-order valence-corrected chi connectivity index (χ2v) is 3.52. The van der Waals surface area contributed by atoms with E-state index in [9.17, 15) is 0 Å². The molecule has 60 valence electrons. The van der Waals surface area contributed by atoms with Crippen molar-refractivity contribution in [3.8, 4) is 0 Å². The van der Waals surface area contributed by atoms with Crippen LogP contribution in [0.3, 0.4) is 0 Å². The average Bonchev–Trinajstić information content (AvgIpc) is 2.06. The Morgan fingerprint density at radius 1 is 1.18 bits per heavy atom. The summed E-state index contributed by atoms with van der Waals surface area (Å²) in [6, 6.07) is 9.45. The highest BCUT2D eigenvalue weighted by Gasteiger charge is 2.22. The quantitative estimate of drug-likeness (QED) is 0.558. The number of halogens is 2. The Morgan fingerprint density at radius 3 is 2.18 bits per heavy atom. The molecule has 1 aromatic rings. The van der Waals surface area contributed by atoms with Gasteiger partial charge in [-0.05, 0) is 7.05 Å².